The number of rotatable bonds is 4. The van der Waals surface area contributed by atoms with Crippen LogP contribution >= 0.6 is 15.9 Å². The SMILES string of the molecule is COc1ccc(-n2ncc(C(=O)c3ccc(Br)cc3)c2N)cc1. The number of nitrogens with two attached hydrogens (primary N) is 1. The van der Waals surface area contributed by atoms with E-state index in [1.807, 2.05) is 36.4 Å². The molecular weight excluding hydrogens is 358 g/mol. The van der Waals surface area contributed by atoms with E-state index >= 15 is 0 Å². The fraction of sp³-hybridized carbons (Fsp3) is 0.0588. The summed E-state index contributed by atoms with van der Waals surface area (Å²) in [5.74, 6) is 0.892. The van der Waals surface area contributed by atoms with Crippen LogP contribution in [0.25, 0.3) is 5.69 Å². The molecule has 0 bridgehead atoms. The van der Waals surface area contributed by atoms with Gasteiger partial charge in [-0.05, 0) is 48.5 Å². The maximum absolute atomic E-state index is 12.6. The number of anilines is 1. The molecule has 0 fully saturated rings. The zero-order chi connectivity index (χ0) is 16.4. The van der Waals surface area contributed by atoms with Gasteiger partial charge in [0.1, 0.15) is 11.6 Å². The predicted molar refractivity (Wildman–Crippen MR) is 92.1 cm³/mol. The molecule has 23 heavy (non-hydrogen) atoms. The molecule has 3 rings (SSSR count). The average molecular weight is 372 g/mol. The summed E-state index contributed by atoms with van der Waals surface area (Å²) < 4.78 is 7.57. The summed E-state index contributed by atoms with van der Waals surface area (Å²) in [7, 11) is 1.60. The first-order valence-corrected chi connectivity index (χ1v) is 7.67. The lowest BCUT2D eigenvalue weighted by molar-refractivity contribution is 0.103. The summed E-state index contributed by atoms with van der Waals surface area (Å²) in [5.41, 5.74) is 7.82. The maximum atomic E-state index is 12.6. The van der Waals surface area contributed by atoms with Crippen LogP contribution < -0.4 is 10.5 Å². The van der Waals surface area contributed by atoms with Gasteiger partial charge in [-0.15, -0.1) is 0 Å². The number of carbonyl (C=O) groups excluding carboxylic acids is 1. The molecular formula is C17H14BrN3O2. The minimum atomic E-state index is -0.158. The lowest BCUT2D eigenvalue weighted by Gasteiger charge is -2.06. The number of ketones is 1. The number of hydrogen-bond acceptors (Lipinski definition) is 4. The van der Waals surface area contributed by atoms with E-state index in [9.17, 15) is 4.79 Å². The van der Waals surface area contributed by atoms with Gasteiger partial charge in [0.15, 0.2) is 5.78 Å². The molecule has 1 aromatic heterocycles. The predicted octanol–water partition coefficient (Wildman–Crippen LogP) is 3.46. The van der Waals surface area contributed by atoms with Crippen LogP contribution in [0.5, 0.6) is 5.75 Å². The normalized spacial score (nSPS) is 10.5. The van der Waals surface area contributed by atoms with Crippen molar-refractivity contribution in [2.45, 2.75) is 0 Å². The number of methoxy groups -OCH3 is 1. The van der Waals surface area contributed by atoms with Gasteiger partial charge in [-0.3, -0.25) is 4.79 Å². The summed E-state index contributed by atoms with van der Waals surface area (Å²) in [4.78, 5) is 12.6. The molecule has 5 nitrogen and oxygen atoms in total. The van der Waals surface area contributed by atoms with Gasteiger partial charge in [0.2, 0.25) is 0 Å². The highest BCUT2D eigenvalue weighted by atomic mass is 79.9. The number of carbonyl (C=O) groups is 1. The van der Waals surface area contributed by atoms with E-state index in [0.29, 0.717) is 16.9 Å². The Kier molecular flexibility index (Phi) is 4.16. The summed E-state index contributed by atoms with van der Waals surface area (Å²) in [6.07, 6.45) is 1.49. The van der Waals surface area contributed by atoms with E-state index in [1.165, 1.54) is 10.9 Å². The second-order valence-electron chi connectivity index (χ2n) is 4.89. The number of benzene rings is 2. The lowest BCUT2D eigenvalue weighted by atomic mass is 10.1. The number of halogens is 1. The number of aromatic nitrogens is 2. The molecule has 0 spiro atoms. The molecule has 0 atom stereocenters. The van der Waals surface area contributed by atoms with Crippen LogP contribution in [0.1, 0.15) is 15.9 Å². The third-order valence-electron chi connectivity index (χ3n) is 3.47. The first kappa shape index (κ1) is 15.3. The Morgan fingerprint density at radius 3 is 2.39 bits per heavy atom. The van der Waals surface area contributed by atoms with Crippen molar-refractivity contribution in [3.63, 3.8) is 0 Å². The zero-order valence-corrected chi connectivity index (χ0v) is 13.9. The van der Waals surface area contributed by atoms with Crippen LogP contribution in [-0.2, 0) is 0 Å². The van der Waals surface area contributed by atoms with Gasteiger partial charge in [-0.1, -0.05) is 15.9 Å². The van der Waals surface area contributed by atoms with Crippen molar-refractivity contribution in [1.29, 1.82) is 0 Å². The van der Waals surface area contributed by atoms with E-state index in [0.717, 1.165) is 15.9 Å². The Morgan fingerprint density at radius 2 is 1.78 bits per heavy atom. The second kappa shape index (κ2) is 6.26. The van der Waals surface area contributed by atoms with E-state index < -0.39 is 0 Å². The van der Waals surface area contributed by atoms with E-state index in [-0.39, 0.29) is 5.78 Å². The molecule has 2 N–H and O–H groups in total. The zero-order valence-electron chi connectivity index (χ0n) is 12.4. The molecule has 0 aliphatic rings. The number of nitrogens with zero attached hydrogens (tertiary/aromatic N) is 2. The standard InChI is InChI=1S/C17H14BrN3O2/c1-23-14-8-6-13(7-9-14)21-17(19)15(10-20-21)16(22)11-2-4-12(18)5-3-11/h2-10H,19H2,1H3. The van der Waals surface area contributed by atoms with Crippen LogP contribution in [-0.4, -0.2) is 22.7 Å². The molecule has 0 saturated heterocycles. The summed E-state index contributed by atoms with van der Waals surface area (Å²) in [6.45, 7) is 0. The van der Waals surface area contributed by atoms with Gasteiger partial charge in [0.25, 0.3) is 0 Å². The van der Waals surface area contributed by atoms with Crippen LogP contribution in [0, 0.1) is 0 Å². The average Bonchev–Trinajstić information content (AvgIpc) is 2.96. The van der Waals surface area contributed by atoms with Gasteiger partial charge >= 0.3 is 0 Å². The molecule has 116 valence electrons. The number of nitrogen functional groups attached to an aromatic ring is 1. The quantitative estimate of drug-likeness (QED) is 0.713. The van der Waals surface area contributed by atoms with Gasteiger partial charge in [0, 0.05) is 10.0 Å². The summed E-state index contributed by atoms with van der Waals surface area (Å²) >= 11 is 3.35. The van der Waals surface area contributed by atoms with Gasteiger partial charge in [-0.25, -0.2) is 4.68 Å². The molecule has 0 unspecified atom stereocenters. The van der Waals surface area contributed by atoms with Gasteiger partial charge in [0.05, 0.1) is 24.6 Å². The first-order chi connectivity index (χ1) is 11.1. The molecule has 3 aromatic rings. The van der Waals surface area contributed by atoms with Crippen LogP contribution in [0.3, 0.4) is 0 Å². The lowest BCUT2D eigenvalue weighted by Crippen LogP contribution is -2.07. The second-order valence-corrected chi connectivity index (χ2v) is 5.81. The fourth-order valence-electron chi connectivity index (χ4n) is 2.22. The van der Waals surface area contributed by atoms with Crippen molar-refractivity contribution in [3.8, 4) is 11.4 Å². The molecule has 0 aliphatic carbocycles. The minimum absolute atomic E-state index is 0.158. The molecule has 2 aromatic carbocycles. The monoisotopic (exact) mass is 371 g/mol. The molecule has 0 radical (unpaired) electrons. The largest absolute Gasteiger partial charge is 0.497 e. The van der Waals surface area contributed by atoms with E-state index in [4.69, 9.17) is 10.5 Å². The highest BCUT2D eigenvalue weighted by Crippen LogP contribution is 2.22. The van der Waals surface area contributed by atoms with Gasteiger partial charge < -0.3 is 10.5 Å². The third kappa shape index (κ3) is 2.98. The summed E-state index contributed by atoms with van der Waals surface area (Å²) in [5, 5.41) is 4.23. The van der Waals surface area contributed by atoms with Crippen molar-refractivity contribution < 1.29 is 9.53 Å². The number of ether oxygens (including phenoxy) is 1. The van der Waals surface area contributed by atoms with Crippen molar-refractivity contribution in [2.75, 3.05) is 12.8 Å². The highest BCUT2D eigenvalue weighted by Gasteiger charge is 2.17. The fourth-order valence-corrected chi connectivity index (χ4v) is 2.48. The van der Waals surface area contributed by atoms with Crippen molar-refractivity contribution in [1.82, 2.24) is 9.78 Å². The van der Waals surface area contributed by atoms with Crippen molar-refractivity contribution in [3.05, 3.63) is 70.3 Å². The van der Waals surface area contributed by atoms with E-state index in [2.05, 4.69) is 21.0 Å². The minimum Gasteiger partial charge on any atom is -0.497 e. The molecule has 0 saturated carbocycles. The van der Waals surface area contributed by atoms with Crippen LogP contribution in [0.2, 0.25) is 0 Å². The smallest absolute Gasteiger partial charge is 0.198 e. The Bertz CT molecular complexity index is 839. The molecule has 1 heterocycles. The molecule has 0 aliphatic heterocycles. The number of hydrogen-bond donors (Lipinski definition) is 1. The molecule has 6 heteroatoms. The Labute approximate surface area is 141 Å². The third-order valence-corrected chi connectivity index (χ3v) is 4.00. The Morgan fingerprint density at radius 1 is 1.13 bits per heavy atom. The topological polar surface area (TPSA) is 70.1 Å². The Balaban J connectivity index is 1.95. The first-order valence-electron chi connectivity index (χ1n) is 6.88. The van der Waals surface area contributed by atoms with E-state index in [1.54, 1.807) is 19.2 Å². The van der Waals surface area contributed by atoms with Crippen molar-refractivity contribution >= 4 is 27.5 Å². The van der Waals surface area contributed by atoms with Gasteiger partial charge in [-0.2, -0.15) is 5.10 Å². The highest BCUT2D eigenvalue weighted by molar-refractivity contribution is 9.10. The van der Waals surface area contributed by atoms with Crippen LogP contribution in [0.15, 0.2) is 59.2 Å². The maximum Gasteiger partial charge on any atom is 0.198 e. The molecule has 0 amide bonds. The summed E-state index contributed by atoms with van der Waals surface area (Å²) in [6, 6.07) is 14.4. The van der Waals surface area contributed by atoms with Crippen molar-refractivity contribution in [2.24, 2.45) is 0 Å². The van der Waals surface area contributed by atoms with Crippen LogP contribution in [0.4, 0.5) is 5.82 Å². The Hall–Kier alpha value is -2.60.